The molecule has 0 radical (unpaired) electrons. The molecule has 0 unspecified atom stereocenters. The van der Waals surface area contributed by atoms with E-state index in [2.05, 4.69) is 0 Å². The van der Waals surface area contributed by atoms with Crippen molar-refractivity contribution in [2.24, 2.45) is 0 Å². The van der Waals surface area contributed by atoms with Crippen molar-refractivity contribution in [1.82, 2.24) is 0 Å². The van der Waals surface area contributed by atoms with E-state index < -0.39 is 0 Å². The fourth-order valence-electron chi connectivity index (χ4n) is 0. The van der Waals surface area contributed by atoms with Crippen molar-refractivity contribution in [3.05, 3.63) is 0 Å². The van der Waals surface area contributed by atoms with Crippen LogP contribution < -0.4 is 0 Å². The summed E-state index contributed by atoms with van der Waals surface area (Å²) in [6.07, 6.45) is 0. The topological polar surface area (TPSA) is 1050 Å². The SMILES string of the molecule is [Al+3].[Al+3].[Al+3].[Al+3].[Al+3].[Al+3].[Al+3].[Al+3].[Al+3].[Al+3].[Al+3].[Al+3].[Al+3].[Al+3].[Al+3].[Al+3].[Al+3].[Al+3].[Al+3].[Al+3].[Al+3].[Al+3].[Al+3].[Al+3].[Al+3].[Al+3].[Al+3].[Al+3].[Al+3].[Al+3].[Al+3].[Al+3].[Al+3].[Al+3].[Al+3].[Al+3].[Al+3].[Al+3].[Al+3].[Al+3].[Al+3].[Al+3].[Al+3].[Al+3].[Al+3].[Al+3].[Al+3].[Al+3].[Al+3].[Al+3].[Al+3].[Al+3].[Al+3].[Al+3].[Al+3].[Al+3].[Al+3].[Al+3].[Al+3].[Al+3].[Al+3].[Al+3].[Al+3].[O-2].[O-2].[O-2].[O-2].[O-2].[O-2].[O-2].[O-2].[O-2].[O-2].[O-2].[O-2].[O-2].[O-2].[O-2].[O-2].[O-2].[O-2].[O-2].[O-2].[O-2].[O-2].[O-2].[O-2].[O-2].[O-2].[O-2].[O-2].[O-2].[O-2].[O-2].[O-2].[O-2].[O-2].[O-2].[O-2].[O-2]. The van der Waals surface area contributed by atoms with Crippen LogP contribution in [0.1, 0.15) is 0 Å². The van der Waals surface area contributed by atoms with E-state index in [-0.39, 0.29) is 1300 Å². The minimum Gasteiger partial charge on any atom is -2.00 e. The molecule has 0 saturated carbocycles. The summed E-state index contributed by atoms with van der Waals surface area (Å²) in [4.78, 5) is 0. The summed E-state index contributed by atoms with van der Waals surface area (Å²) in [7, 11) is 0. The minimum atomic E-state index is 0. The molecular weight excluding hydrogens is 2290 g/mol. The van der Waals surface area contributed by atoms with Gasteiger partial charge >= 0.3 is 1090 Å². The molecule has 0 aromatic carbocycles. The van der Waals surface area contributed by atoms with Crippen LogP contribution in [0.15, 0.2) is 0 Å². The largest absolute Gasteiger partial charge is 3.00 e. The average molecular weight is 2290 g/mol. The summed E-state index contributed by atoms with van der Waals surface area (Å²) in [6, 6.07) is 0. The van der Waals surface area contributed by atoms with Gasteiger partial charge in [-0.1, -0.05) is 0 Å². The Bertz CT molecular complexity index is 95.1. The minimum absolute atomic E-state index is 0. The van der Waals surface area contributed by atoms with E-state index in [0.29, 0.717) is 0 Å². The van der Waals surface area contributed by atoms with Crippen LogP contribution in [-0.4, -0.2) is 1090 Å². The Morgan fingerprint density at radius 2 is 0.0200 bits per heavy atom. The zero-order valence-electron chi connectivity index (χ0n) is 51.5. The molecule has 0 N–H and O–H groups in total. The molecule has 296 valence electrons. The Kier molecular flexibility index (Phi) is 47600. The predicted octanol–water partition coefficient (Wildman–Crippen LogP) is -28.4. The van der Waals surface area contributed by atoms with Gasteiger partial charge in [0.05, 0.1) is 0 Å². The molecule has 0 aliphatic heterocycles. The summed E-state index contributed by atoms with van der Waals surface area (Å²) in [5.41, 5.74) is 0. The van der Waals surface area contributed by atoms with E-state index in [9.17, 15) is 0 Å². The van der Waals surface area contributed by atoms with Gasteiger partial charge in [0, 0.05) is 0 Å². The third-order valence-electron chi connectivity index (χ3n) is 0. The molecule has 0 aromatic rings. The van der Waals surface area contributed by atoms with Crippen molar-refractivity contribution >= 4 is 1090 Å². The van der Waals surface area contributed by atoms with Crippen LogP contribution in [0.4, 0.5) is 0 Å². The first-order valence-electron chi connectivity index (χ1n) is 0. The molecule has 0 aromatic heterocycles. The Balaban J connectivity index is 0. The first-order chi connectivity index (χ1) is 0. The van der Waals surface area contributed by atoms with Gasteiger partial charge in [-0.2, -0.15) is 0 Å². The van der Waals surface area contributed by atoms with Gasteiger partial charge in [-0.25, -0.2) is 0 Å². The number of hydrogen-bond donors (Lipinski definition) is 0. The summed E-state index contributed by atoms with van der Waals surface area (Å²) >= 11 is 0. The Labute approximate surface area is 1270 Å². The van der Waals surface area contributed by atoms with E-state index in [4.69, 9.17) is 0 Å². The van der Waals surface area contributed by atoms with Crippen LogP contribution in [-0.2, 0) is 203 Å². The number of hydrogen-bond acceptors (Lipinski definition) is 0. The van der Waals surface area contributed by atoms with Crippen molar-refractivity contribution in [3.8, 4) is 0 Å². The average Bonchev–Trinajstić information content (AvgIpc) is 0. The summed E-state index contributed by atoms with van der Waals surface area (Å²) in [5, 5.41) is 0. The van der Waals surface area contributed by atoms with Gasteiger partial charge < -0.3 is 203 Å². The fraction of sp³-hybridized carbons (Fsp3) is 0. The third-order valence-corrected chi connectivity index (χ3v) is 0. The monoisotopic (exact) mass is 2290 g/mol. The maximum Gasteiger partial charge on any atom is 3.00 e. The van der Waals surface area contributed by atoms with Gasteiger partial charge in [0.2, 0.25) is 0 Å². The molecule has 37 nitrogen and oxygen atoms in total. The normalized spacial score (nSPS) is 0. The van der Waals surface area contributed by atoms with Crippen LogP contribution in [0.25, 0.3) is 0 Å². The zero-order valence-corrected chi connectivity index (χ0v) is 124. The molecule has 0 aliphatic carbocycles. The molecule has 0 saturated heterocycles. The second kappa shape index (κ2) is 2160. The van der Waals surface area contributed by atoms with Gasteiger partial charge in [0.15, 0.2) is 0 Å². The molecule has 100 heteroatoms. The molecule has 0 bridgehead atoms. The molecule has 0 heterocycles. The van der Waals surface area contributed by atoms with Crippen LogP contribution in [0, 0.1) is 0 Å². The molecule has 0 rings (SSSR count). The van der Waals surface area contributed by atoms with E-state index in [1.165, 1.54) is 0 Å². The van der Waals surface area contributed by atoms with Crippen molar-refractivity contribution < 1.29 is 203 Å². The fourth-order valence-corrected chi connectivity index (χ4v) is 0. The van der Waals surface area contributed by atoms with Crippen molar-refractivity contribution in [3.63, 3.8) is 0 Å². The summed E-state index contributed by atoms with van der Waals surface area (Å²) < 4.78 is 0. The van der Waals surface area contributed by atoms with Crippen LogP contribution in [0.5, 0.6) is 0 Å². The molecule has 0 spiro atoms. The second-order valence-corrected chi connectivity index (χ2v) is 0. The van der Waals surface area contributed by atoms with E-state index in [1.54, 1.807) is 0 Å². The van der Waals surface area contributed by atoms with E-state index in [1.807, 2.05) is 0 Å². The predicted molar refractivity (Wildman–Crippen MR) is 388 cm³/mol. The van der Waals surface area contributed by atoms with Crippen molar-refractivity contribution in [2.75, 3.05) is 0 Å². The van der Waals surface area contributed by atoms with Crippen LogP contribution >= 0.6 is 0 Å². The zero-order chi connectivity index (χ0) is 0. The standard InChI is InChI=1S/63Al.37O/q63*+3;37*-2. The molecule has 0 aliphatic rings. The smallest absolute Gasteiger partial charge is 2.00 e. The quantitative estimate of drug-likeness (QED) is 0.204. The van der Waals surface area contributed by atoms with Crippen LogP contribution in [0.3, 0.4) is 0 Å². The molecule has 0 amide bonds. The molecule has 100 heavy (non-hydrogen) atoms. The Morgan fingerprint density at radius 3 is 0.0200 bits per heavy atom. The molecule has 0 atom stereocenters. The second-order valence-electron chi connectivity index (χ2n) is 0. The maximum absolute atomic E-state index is 0. The van der Waals surface area contributed by atoms with Gasteiger partial charge in [0.25, 0.3) is 0 Å². The molecule has 0 fully saturated rings. The third kappa shape index (κ3) is 2110. The van der Waals surface area contributed by atoms with Gasteiger partial charge in [0.1, 0.15) is 0 Å². The first-order valence-corrected chi connectivity index (χ1v) is 0. The maximum atomic E-state index is 0. The van der Waals surface area contributed by atoms with Gasteiger partial charge in [-0.3, -0.25) is 0 Å². The number of rotatable bonds is 0. The van der Waals surface area contributed by atoms with Gasteiger partial charge in [-0.15, -0.1) is 0 Å². The Hall–Kier alpha value is 32.1. The van der Waals surface area contributed by atoms with E-state index >= 15 is 0 Å². The van der Waals surface area contributed by atoms with Crippen LogP contribution in [0.2, 0.25) is 0 Å². The van der Waals surface area contributed by atoms with Crippen molar-refractivity contribution in [1.29, 1.82) is 0 Å². The van der Waals surface area contributed by atoms with E-state index in [0.717, 1.165) is 0 Å². The first kappa shape index (κ1) is 2210. The molecular formula is Al63O37+115. The Morgan fingerprint density at radius 1 is 0.0200 bits per heavy atom. The summed E-state index contributed by atoms with van der Waals surface area (Å²) in [6.45, 7) is 0. The van der Waals surface area contributed by atoms with Crippen molar-refractivity contribution in [2.45, 2.75) is 0 Å². The summed E-state index contributed by atoms with van der Waals surface area (Å²) in [5.74, 6) is 0. The van der Waals surface area contributed by atoms with Gasteiger partial charge in [-0.05, 0) is 0 Å².